The molecule has 1 amide bonds. The Morgan fingerprint density at radius 1 is 1.56 bits per heavy atom. The summed E-state index contributed by atoms with van der Waals surface area (Å²) in [5.74, 6) is 0.0211. The number of carbonyl (C=O) groups excluding carboxylic acids is 1. The summed E-state index contributed by atoms with van der Waals surface area (Å²) in [6.07, 6.45) is 0.513. The Bertz CT molecular complexity index is 231. The summed E-state index contributed by atoms with van der Waals surface area (Å²) in [6, 6.07) is 0.226. The molecule has 2 N–H and O–H groups in total. The molecule has 1 aliphatic heterocycles. The van der Waals surface area contributed by atoms with Gasteiger partial charge in [-0.15, -0.1) is 0 Å². The van der Waals surface area contributed by atoms with E-state index in [0.29, 0.717) is 0 Å². The number of methoxy groups -OCH3 is 1. The number of ether oxygens (including phenoxy) is 1. The first-order valence-electron chi connectivity index (χ1n) is 5.82. The van der Waals surface area contributed by atoms with Crippen LogP contribution >= 0.6 is 0 Å². The van der Waals surface area contributed by atoms with Crippen molar-refractivity contribution >= 4 is 5.91 Å². The molecule has 0 bridgehead atoms. The van der Waals surface area contributed by atoms with Crippen LogP contribution in [0, 0.1) is 0 Å². The van der Waals surface area contributed by atoms with Crippen LogP contribution in [0.1, 0.15) is 13.3 Å². The van der Waals surface area contributed by atoms with Crippen LogP contribution in [0.2, 0.25) is 0 Å². The first kappa shape index (κ1) is 13.4. The lowest BCUT2D eigenvalue weighted by molar-refractivity contribution is -0.143. The number of carbonyl (C=O) groups is 1. The standard InChI is InChI=1S/C11H23N3O2/c1-9-8-13(2)5-4-6-14(9)11(15)10(7-12)16-3/h9-10H,4-8,12H2,1-3H3. The number of hydrogen-bond donors (Lipinski definition) is 1. The highest BCUT2D eigenvalue weighted by molar-refractivity contribution is 5.81. The van der Waals surface area contributed by atoms with Crippen molar-refractivity contribution in [1.29, 1.82) is 0 Å². The summed E-state index contributed by atoms with van der Waals surface area (Å²) in [5.41, 5.74) is 5.52. The Hall–Kier alpha value is -0.650. The molecule has 0 aliphatic carbocycles. The minimum Gasteiger partial charge on any atom is -0.370 e. The van der Waals surface area contributed by atoms with E-state index in [1.807, 2.05) is 4.90 Å². The van der Waals surface area contributed by atoms with E-state index in [4.69, 9.17) is 10.5 Å². The SMILES string of the molecule is COC(CN)C(=O)N1CCCN(C)CC1C. The smallest absolute Gasteiger partial charge is 0.253 e. The maximum Gasteiger partial charge on any atom is 0.253 e. The molecular formula is C11H23N3O2. The third-order valence-corrected chi connectivity index (χ3v) is 3.10. The van der Waals surface area contributed by atoms with E-state index in [-0.39, 0.29) is 18.5 Å². The topological polar surface area (TPSA) is 58.8 Å². The van der Waals surface area contributed by atoms with E-state index >= 15 is 0 Å². The number of likely N-dealkylation sites (N-methyl/N-ethyl adjacent to an activating group) is 1. The lowest BCUT2D eigenvalue weighted by Gasteiger charge is -2.30. The van der Waals surface area contributed by atoms with Crippen LogP contribution < -0.4 is 5.73 Å². The maximum atomic E-state index is 12.1. The normalized spacial score (nSPS) is 25.2. The summed E-state index contributed by atoms with van der Waals surface area (Å²) in [5, 5.41) is 0. The second kappa shape index (κ2) is 6.18. The van der Waals surface area contributed by atoms with E-state index in [0.717, 1.165) is 26.1 Å². The molecule has 2 unspecified atom stereocenters. The van der Waals surface area contributed by atoms with Gasteiger partial charge in [-0.3, -0.25) is 4.79 Å². The third-order valence-electron chi connectivity index (χ3n) is 3.10. The van der Waals surface area contributed by atoms with Gasteiger partial charge in [-0.25, -0.2) is 0 Å². The number of nitrogens with two attached hydrogens (primary N) is 1. The van der Waals surface area contributed by atoms with Crippen molar-refractivity contribution in [3.05, 3.63) is 0 Å². The molecule has 16 heavy (non-hydrogen) atoms. The van der Waals surface area contributed by atoms with Gasteiger partial charge >= 0.3 is 0 Å². The van der Waals surface area contributed by atoms with Crippen LogP contribution in [0.4, 0.5) is 0 Å². The molecule has 94 valence electrons. The summed E-state index contributed by atoms with van der Waals surface area (Å²) in [6.45, 7) is 5.06. The van der Waals surface area contributed by atoms with Crippen LogP contribution in [0.5, 0.6) is 0 Å². The van der Waals surface area contributed by atoms with Crippen LogP contribution in [-0.4, -0.2) is 68.2 Å². The summed E-state index contributed by atoms with van der Waals surface area (Å²) in [4.78, 5) is 16.3. The fraction of sp³-hybridized carbons (Fsp3) is 0.909. The molecule has 1 heterocycles. The van der Waals surface area contributed by atoms with Gasteiger partial charge in [0.25, 0.3) is 5.91 Å². The van der Waals surface area contributed by atoms with E-state index < -0.39 is 6.10 Å². The molecule has 5 nitrogen and oxygen atoms in total. The van der Waals surface area contributed by atoms with Crippen molar-refractivity contribution in [2.24, 2.45) is 5.73 Å². The van der Waals surface area contributed by atoms with Crippen molar-refractivity contribution in [2.45, 2.75) is 25.5 Å². The molecule has 2 atom stereocenters. The Morgan fingerprint density at radius 3 is 2.81 bits per heavy atom. The molecule has 0 radical (unpaired) electrons. The lowest BCUT2D eigenvalue weighted by Crippen LogP contribution is -2.49. The van der Waals surface area contributed by atoms with Crippen LogP contribution in [-0.2, 0) is 9.53 Å². The van der Waals surface area contributed by atoms with Crippen molar-refractivity contribution < 1.29 is 9.53 Å². The molecule has 1 saturated heterocycles. The molecule has 1 aliphatic rings. The van der Waals surface area contributed by atoms with Gasteiger partial charge in [0, 0.05) is 32.8 Å². The highest BCUT2D eigenvalue weighted by Crippen LogP contribution is 2.10. The second-order valence-corrected chi connectivity index (χ2v) is 4.46. The predicted octanol–water partition coefficient (Wildman–Crippen LogP) is -0.487. The van der Waals surface area contributed by atoms with E-state index in [1.54, 1.807) is 0 Å². The van der Waals surface area contributed by atoms with Gasteiger partial charge in [-0.1, -0.05) is 0 Å². The van der Waals surface area contributed by atoms with Crippen molar-refractivity contribution in [3.8, 4) is 0 Å². The quantitative estimate of drug-likeness (QED) is 0.709. The number of nitrogens with zero attached hydrogens (tertiary/aromatic N) is 2. The zero-order valence-corrected chi connectivity index (χ0v) is 10.5. The Balaban J connectivity index is 2.66. The molecule has 0 saturated carbocycles. The lowest BCUT2D eigenvalue weighted by atomic mass is 10.2. The van der Waals surface area contributed by atoms with Gasteiger partial charge in [0.15, 0.2) is 0 Å². The highest BCUT2D eigenvalue weighted by Gasteiger charge is 2.28. The molecule has 0 aromatic rings. The third kappa shape index (κ3) is 3.17. The van der Waals surface area contributed by atoms with Crippen LogP contribution in [0.25, 0.3) is 0 Å². The van der Waals surface area contributed by atoms with E-state index in [9.17, 15) is 4.79 Å². The first-order valence-corrected chi connectivity index (χ1v) is 5.82. The molecule has 0 spiro atoms. The zero-order chi connectivity index (χ0) is 12.1. The zero-order valence-electron chi connectivity index (χ0n) is 10.5. The fourth-order valence-corrected chi connectivity index (χ4v) is 2.18. The van der Waals surface area contributed by atoms with E-state index in [2.05, 4.69) is 18.9 Å². The first-order chi connectivity index (χ1) is 7.60. The number of hydrogen-bond acceptors (Lipinski definition) is 4. The maximum absolute atomic E-state index is 12.1. The van der Waals surface area contributed by atoms with Crippen LogP contribution in [0.15, 0.2) is 0 Å². The minimum atomic E-state index is -0.495. The molecule has 0 aromatic heterocycles. The Kier molecular flexibility index (Phi) is 5.18. The van der Waals surface area contributed by atoms with Crippen molar-refractivity contribution in [1.82, 2.24) is 9.80 Å². The Morgan fingerprint density at radius 2 is 2.25 bits per heavy atom. The average Bonchev–Trinajstić information content (AvgIpc) is 2.40. The Labute approximate surface area is 97.5 Å². The second-order valence-electron chi connectivity index (χ2n) is 4.46. The average molecular weight is 229 g/mol. The molecule has 1 fully saturated rings. The molecule has 0 aromatic carbocycles. The summed E-state index contributed by atoms with van der Waals surface area (Å²) >= 11 is 0. The van der Waals surface area contributed by atoms with Gasteiger partial charge in [0.05, 0.1) is 0 Å². The van der Waals surface area contributed by atoms with Gasteiger partial charge in [-0.2, -0.15) is 0 Å². The highest BCUT2D eigenvalue weighted by atomic mass is 16.5. The van der Waals surface area contributed by atoms with E-state index in [1.165, 1.54) is 7.11 Å². The van der Waals surface area contributed by atoms with Crippen molar-refractivity contribution in [3.63, 3.8) is 0 Å². The number of rotatable bonds is 3. The van der Waals surface area contributed by atoms with Crippen LogP contribution in [0.3, 0.4) is 0 Å². The molecule has 5 heteroatoms. The summed E-state index contributed by atoms with van der Waals surface area (Å²) < 4.78 is 5.10. The monoisotopic (exact) mass is 229 g/mol. The summed E-state index contributed by atoms with van der Waals surface area (Å²) in [7, 11) is 3.62. The number of amides is 1. The predicted molar refractivity (Wildman–Crippen MR) is 63.1 cm³/mol. The van der Waals surface area contributed by atoms with Gasteiger partial charge in [0.1, 0.15) is 6.10 Å². The van der Waals surface area contributed by atoms with Gasteiger partial charge in [0.2, 0.25) is 0 Å². The molecule has 1 rings (SSSR count). The largest absolute Gasteiger partial charge is 0.370 e. The fourth-order valence-electron chi connectivity index (χ4n) is 2.18. The molecular weight excluding hydrogens is 206 g/mol. The van der Waals surface area contributed by atoms with Crippen molar-refractivity contribution in [2.75, 3.05) is 40.3 Å². The van der Waals surface area contributed by atoms with Gasteiger partial charge < -0.3 is 20.3 Å². The minimum absolute atomic E-state index is 0.0211. The van der Waals surface area contributed by atoms with Gasteiger partial charge in [-0.05, 0) is 26.9 Å².